The van der Waals surface area contributed by atoms with Crippen molar-refractivity contribution in [2.75, 3.05) is 0 Å². The summed E-state index contributed by atoms with van der Waals surface area (Å²) in [6.45, 7) is 0. The van der Waals surface area contributed by atoms with Crippen molar-refractivity contribution in [2.45, 2.75) is 57.8 Å². The lowest BCUT2D eigenvalue weighted by Gasteiger charge is -2.33. The molecule has 0 aromatic rings. The van der Waals surface area contributed by atoms with E-state index in [1.54, 1.807) is 0 Å². The van der Waals surface area contributed by atoms with Crippen molar-refractivity contribution in [3.8, 4) is 0 Å². The van der Waals surface area contributed by atoms with Crippen molar-refractivity contribution >= 4 is 12.6 Å². The summed E-state index contributed by atoms with van der Waals surface area (Å²) in [4.78, 5) is 21.9. The molecule has 0 aromatic carbocycles. The predicted molar refractivity (Wildman–Crippen MR) is 67.6 cm³/mol. The van der Waals surface area contributed by atoms with Gasteiger partial charge in [-0.1, -0.05) is 32.1 Å². The van der Waals surface area contributed by atoms with Gasteiger partial charge in [0.25, 0.3) is 0 Å². The van der Waals surface area contributed by atoms with E-state index in [4.69, 9.17) is 0 Å². The third-order valence-corrected chi connectivity index (χ3v) is 4.80. The zero-order chi connectivity index (χ0) is 12.1. The minimum Gasteiger partial charge on any atom is -0.303 e. The standard InChI is InChI=1S/C15H24O2/c16-10-14-7-6-13(9-15(14)11-17)8-12-4-2-1-3-5-12/h10-15H,1-9H2. The molecule has 96 valence electrons. The van der Waals surface area contributed by atoms with E-state index in [9.17, 15) is 9.59 Å². The third kappa shape index (κ3) is 3.40. The lowest BCUT2D eigenvalue weighted by atomic mass is 9.71. The number of aldehydes is 2. The van der Waals surface area contributed by atoms with Gasteiger partial charge >= 0.3 is 0 Å². The van der Waals surface area contributed by atoms with Gasteiger partial charge in [-0.05, 0) is 37.5 Å². The van der Waals surface area contributed by atoms with E-state index in [2.05, 4.69) is 0 Å². The van der Waals surface area contributed by atoms with Gasteiger partial charge in [-0.3, -0.25) is 0 Å². The second-order valence-electron chi connectivity index (χ2n) is 6.02. The molecular weight excluding hydrogens is 212 g/mol. The Morgan fingerprint density at radius 2 is 1.47 bits per heavy atom. The van der Waals surface area contributed by atoms with Crippen LogP contribution in [0.5, 0.6) is 0 Å². The molecule has 2 nitrogen and oxygen atoms in total. The Bertz CT molecular complexity index is 256. The SMILES string of the molecule is O=CC1CCC(CC2CCCCC2)CC1C=O. The van der Waals surface area contributed by atoms with Gasteiger partial charge in [-0.25, -0.2) is 0 Å². The van der Waals surface area contributed by atoms with E-state index in [1.807, 2.05) is 0 Å². The van der Waals surface area contributed by atoms with Crippen molar-refractivity contribution in [1.29, 1.82) is 0 Å². The molecule has 0 aliphatic heterocycles. The normalized spacial score (nSPS) is 35.4. The molecular formula is C15H24O2. The van der Waals surface area contributed by atoms with Gasteiger partial charge < -0.3 is 9.59 Å². The van der Waals surface area contributed by atoms with E-state index >= 15 is 0 Å². The van der Waals surface area contributed by atoms with Crippen LogP contribution in [0.2, 0.25) is 0 Å². The van der Waals surface area contributed by atoms with Crippen molar-refractivity contribution in [3.05, 3.63) is 0 Å². The molecule has 0 spiro atoms. The number of carbonyl (C=O) groups excluding carboxylic acids is 2. The molecule has 0 saturated heterocycles. The van der Waals surface area contributed by atoms with Crippen LogP contribution in [0.15, 0.2) is 0 Å². The van der Waals surface area contributed by atoms with E-state index in [1.165, 1.54) is 38.5 Å². The molecule has 0 heterocycles. The smallest absolute Gasteiger partial charge is 0.123 e. The third-order valence-electron chi connectivity index (χ3n) is 4.80. The highest BCUT2D eigenvalue weighted by Gasteiger charge is 2.31. The van der Waals surface area contributed by atoms with Crippen LogP contribution in [0, 0.1) is 23.7 Å². The van der Waals surface area contributed by atoms with Gasteiger partial charge in [0.05, 0.1) is 0 Å². The Kier molecular flexibility index (Phi) is 4.75. The lowest BCUT2D eigenvalue weighted by Crippen LogP contribution is -2.28. The molecule has 0 N–H and O–H groups in total. The molecule has 0 amide bonds. The minimum atomic E-state index is 0.00911. The fraction of sp³-hybridized carbons (Fsp3) is 0.867. The van der Waals surface area contributed by atoms with E-state index in [-0.39, 0.29) is 11.8 Å². The van der Waals surface area contributed by atoms with E-state index in [0.717, 1.165) is 37.8 Å². The van der Waals surface area contributed by atoms with Crippen molar-refractivity contribution in [3.63, 3.8) is 0 Å². The largest absolute Gasteiger partial charge is 0.303 e. The summed E-state index contributed by atoms with van der Waals surface area (Å²) in [5.74, 6) is 1.61. The van der Waals surface area contributed by atoms with Gasteiger partial charge in [0.2, 0.25) is 0 Å². The topological polar surface area (TPSA) is 34.1 Å². The summed E-state index contributed by atoms with van der Waals surface area (Å²) < 4.78 is 0. The molecule has 2 saturated carbocycles. The highest BCUT2D eigenvalue weighted by Crippen LogP contribution is 2.38. The van der Waals surface area contributed by atoms with Crippen LogP contribution in [0.4, 0.5) is 0 Å². The molecule has 0 aromatic heterocycles. The predicted octanol–water partition coefficient (Wildman–Crippen LogP) is 3.39. The Hall–Kier alpha value is -0.660. The summed E-state index contributed by atoms with van der Waals surface area (Å²) in [6, 6.07) is 0. The molecule has 17 heavy (non-hydrogen) atoms. The molecule has 2 fully saturated rings. The zero-order valence-electron chi connectivity index (χ0n) is 10.6. The average Bonchev–Trinajstić information content (AvgIpc) is 2.40. The van der Waals surface area contributed by atoms with E-state index < -0.39 is 0 Å². The number of rotatable bonds is 4. The maximum atomic E-state index is 11.0. The zero-order valence-corrected chi connectivity index (χ0v) is 10.6. The highest BCUT2D eigenvalue weighted by atomic mass is 16.1. The molecule has 2 aliphatic rings. The molecule has 2 aliphatic carbocycles. The summed E-state index contributed by atoms with van der Waals surface area (Å²) in [5, 5.41) is 0. The van der Waals surface area contributed by atoms with Gasteiger partial charge in [0, 0.05) is 11.8 Å². The fourth-order valence-corrected chi connectivity index (χ4v) is 3.75. The van der Waals surface area contributed by atoms with Gasteiger partial charge in [0.15, 0.2) is 0 Å². The van der Waals surface area contributed by atoms with Crippen LogP contribution >= 0.6 is 0 Å². The molecule has 2 rings (SSSR count). The monoisotopic (exact) mass is 236 g/mol. The molecule has 0 bridgehead atoms. The van der Waals surface area contributed by atoms with Crippen molar-refractivity contribution in [2.24, 2.45) is 23.7 Å². The van der Waals surface area contributed by atoms with Crippen LogP contribution in [-0.2, 0) is 9.59 Å². The Labute approximate surface area is 104 Å². The summed E-state index contributed by atoms with van der Waals surface area (Å²) >= 11 is 0. The maximum absolute atomic E-state index is 11.0. The highest BCUT2D eigenvalue weighted by molar-refractivity contribution is 5.65. The van der Waals surface area contributed by atoms with Crippen LogP contribution in [-0.4, -0.2) is 12.6 Å². The molecule has 3 atom stereocenters. The Morgan fingerprint density at radius 1 is 0.765 bits per heavy atom. The number of carbonyl (C=O) groups is 2. The number of hydrogen-bond donors (Lipinski definition) is 0. The quantitative estimate of drug-likeness (QED) is 0.701. The average molecular weight is 236 g/mol. The molecule has 2 heteroatoms. The summed E-state index contributed by atoms with van der Waals surface area (Å²) in [6.07, 6.45) is 13.3. The van der Waals surface area contributed by atoms with Crippen molar-refractivity contribution in [1.82, 2.24) is 0 Å². The van der Waals surface area contributed by atoms with Crippen LogP contribution in [0.3, 0.4) is 0 Å². The maximum Gasteiger partial charge on any atom is 0.123 e. The minimum absolute atomic E-state index is 0.00911. The summed E-state index contributed by atoms with van der Waals surface area (Å²) in [7, 11) is 0. The number of hydrogen-bond acceptors (Lipinski definition) is 2. The first-order valence-corrected chi connectivity index (χ1v) is 7.24. The second kappa shape index (κ2) is 6.32. The first-order valence-electron chi connectivity index (χ1n) is 7.24. The van der Waals surface area contributed by atoms with Crippen LogP contribution in [0.1, 0.15) is 57.8 Å². The van der Waals surface area contributed by atoms with Gasteiger partial charge in [-0.2, -0.15) is 0 Å². The first kappa shape index (κ1) is 12.8. The van der Waals surface area contributed by atoms with Crippen molar-refractivity contribution < 1.29 is 9.59 Å². The first-order chi connectivity index (χ1) is 8.33. The second-order valence-corrected chi connectivity index (χ2v) is 6.02. The van der Waals surface area contributed by atoms with Gasteiger partial charge in [-0.15, -0.1) is 0 Å². The Balaban J connectivity index is 1.82. The van der Waals surface area contributed by atoms with Gasteiger partial charge in [0.1, 0.15) is 12.6 Å². The summed E-state index contributed by atoms with van der Waals surface area (Å²) in [5.41, 5.74) is 0. The fourth-order valence-electron chi connectivity index (χ4n) is 3.75. The van der Waals surface area contributed by atoms with Crippen LogP contribution < -0.4 is 0 Å². The van der Waals surface area contributed by atoms with Crippen LogP contribution in [0.25, 0.3) is 0 Å². The molecule has 0 radical (unpaired) electrons. The lowest BCUT2D eigenvalue weighted by molar-refractivity contribution is -0.121. The Morgan fingerprint density at radius 3 is 2.12 bits per heavy atom. The molecule has 3 unspecified atom stereocenters. The van der Waals surface area contributed by atoms with E-state index in [0.29, 0.717) is 5.92 Å².